The summed E-state index contributed by atoms with van der Waals surface area (Å²) >= 11 is 0. The number of phenolic OH excluding ortho intramolecular Hbond substituents is 1. The van der Waals surface area contributed by atoms with Crippen LogP contribution < -0.4 is 15.5 Å². The van der Waals surface area contributed by atoms with Crippen LogP contribution in [-0.4, -0.2) is 18.2 Å². The Morgan fingerprint density at radius 1 is 1.05 bits per heavy atom. The molecule has 1 fully saturated rings. The minimum atomic E-state index is -0.192. The number of nitrogens with zero attached hydrogens (tertiary/aromatic N) is 1. The van der Waals surface area contributed by atoms with Gasteiger partial charge in [-0.05, 0) is 49.9 Å². The van der Waals surface area contributed by atoms with E-state index in [2.05, 4.69) is 4.90 Å². The topological polar surface area (TPSA) is 23.5 Å². The van der Waals surface area contributed by atoms with Crippen LogP contribution in [0.3, 0.4) is 0 Å². The van der Waals surface area contributed by atoms with Gasteiger partial charge in [-0.15, -0.1) is 0 Å². The molecule has 1 heterocycles. The number of hydrogen-bond donors (Lipinski definition) is 1. The molecule has 0 aromatic heterocycles. The van der Waals surface area contributed by atoms with Crippen molar-refractivity contribution in [1.29, 1.82) is 0 Å². The van der Waals surface area contributed by atoms with E-state index in [1.54, 1.807) is 6.07 Å². The monoisotopic (exact) mass is 317 g/mol. The summed E-state index contributed by atoms with van der Waals surface area (Å²) < 4.78 is 13.7. The smallest absolute Gasteiger partial charge is 0.126 e. The molecular weight excluding hydrogens is 296 g/mol. The van der Waals surface area contributed by atoms with Gasteiger partial charge in [-0.3, -0.25) is 0 Å². The largest absolute Gasteiger partial charge is 0.507 e. The van der Waals surface area contributed by atoms with E-state index in [0.29, 0.717) is 14.3 Å². The first-order valence-corrected chi connectivity index (χ1v) is 8.75. The van der Waals surface area contributed by atoms with Crippen LogP contribution in [-0.2, 0) is 0 Å². The van der Waals surface area contributed by atoms with E-state index in [-0.39, 0.29) is 5.82 Å². The highest BCUT2D eigenvalue weighted by Crippen LogP contribution is 2.28. The van der Waals surface area contributed by atoms with Crippen LogP contribution in [0.1, 0.15) is 24.8 Å². The summed E-state index contributed by atoms with van der Waals surface area (Å²) in [6.07, 6.45) is 3.58. The van der Waals surface area contributed by atoms with Gasteiger partial charge in [0.05, 0.1) is 0 Å². The molecule has 1 unspecified atom stereocenters. The lowest BCUT2D eigenvalue weighted by Crippen LogP contribution is -2.32. The van der Waals surface area contributed by atoms with Crippen LogP contribution in [0.2, 0.25) is 0 Å². The lowest BCUT2D eigenvalue weighted by atomic mass is 10.1. The SMILES string of the molecule is Cc1cccc(Pc2ccc(F)cc2N2CCCCC2)c1O. The third-order valence-electron chi connectivity index (χ3n) is 4.16. The second kappa shape index (κ2) is 6.66. The Kier molecular flexibility index (Phi) is 4.63. The van der Waals surface area contributed by atoms with Gasteiger partial charge in [-0.1, -0.05) is 26.8 Å². The van der Waals surface area contributed by atoms with Crippen molar-refractivity contribution in [2.45, 2.75) is 26.2 Å². The van der Waals surface area contributed by atoms with Crippen molar-refractivity contribution < 1.29 is 9.50 Å². The zero-order valence-corrected chi connectivity index (χ0v) is 13.8. The highest BCUT2D eigenvalue weighted by molar-refractivity contribution is 7.56. The highest BCUT2D eigenvalue weighted by atomic mass is 31.1. The quantitative estimate of drug-likeness (QED) is 0.877. The average molecular weight is 317 g/mol. The maximum absolute atomic E-state index is 13.7. The van der Waals surface area contributed by atoms with Crippen molar-refractivity contribution in [2.24, 2.45) is 0 Å². The van der Waals surface area contributed by atoms with Crippen LogP contribution >= 0.6 is 8.58 Å². The van der Waals surface area contributed by atoms with Crippen molar-refractivity contribution in [1.82, 2.24) is 0 Å². The number of para-hydroxylation sites is 1. The predicted molar refractivity (Wildman–Crippen MR) is 92.9 cm³/mol. The van der Waals surface area contributed by atoms with Crippen molar-refractivity contribution in [2.75, 3.05) is 18.0 Å². The maximum atomic E-state index is 13.7. The van der Waals surface area contributed by atoms with E-state index >= 15 is 0 Å². The molecule has 2 aromatic rings. The molecular formula is C18H21FNOP. The number of aryl methyl sites for hydroxylation is 1. The van der Waals surface area contributed by atoms with E-state index < -0.39 is 0 Å². The van der Waals surface area contributed by atoms with Gasteiger partial charge in [0, 0.05) is 29.4 Å². The van der Waals surface area contributed by atoms with Crippen LogP contribution in [0.25, 0.3) is 0 Å². The zero-order chi connectivity index (χ0) is 15.5. The van der Waals surface area contributed by atoms with Gasteiger partial charge >= 0.3 is 0 Å². The number of halogens is 1. The average Bonchev–Trinajstić information content (AvgIpc) is 2.54. The summed E-state index contributed by atoms with van der Waals surface area (Å²) in [4.78, 5) is 2.28. The molecule has 2 nitrogen and oxygen atoms in total. The van der Waals surface area contributed by atoms with E-state index in [0.717, 1.165) is 47.8 Å². The fourth-order valence-corrected chi connectivity index (χ4v) is 4.22. The zero-order valence-electron chi connectivity index (χ0n) is 12.8. The number of benzene rings is 2. The first-order valence-electron chi connectivity index (χ1n) is 7.75. The predicted octanol–water partition coefficient (Wildman–Crippen LogP) is 3.46. The Balaban J connectivity index is 1.94. The van der Waals surface area contributed by atoms with Gasteiger partial charge in [0.25, 0.3) is 0 Å². The van der Waals surface area contributed by atoms with Crippen LogP contribution in [0, 0.1) is 12.7 Å². The molecule has 0 spiro atoms. The molecule has 116 valence electrons. The summed E-state index contributed by atoms with van der Waals surface area (Å²) in [5.41, 5.74) is 1.87. The third-order valence-corrected chi connectivity index (χ3v) is 5.53. The minimum Gasteiger partial charge on any atom is -0.507 e. The van der Waals surface area contributed by atoms with Gasteiger partial charge < -0.3 is 10.0 Å². The lowest BCUT2D eigenvalue weighted by Gasteiger charge is -2.30. The molecule has 1 saturated heterocycles. The van der Waals surface area contributed by atoms with Crippen molar-refractivity contribution in [3.63, 3.8) is 0 Å². The Morgan fingerprint density at radius 3 is 2.59 bits per heavy atom. The maximum Gasteiger partial charge on any atom is 0.126 e. The summed E-state index contributed by atoms with van der Waals surface area (Å²) in [7, 11) is 0.333. The van der Waals surface area contributed by atoms with Gasteiger partial charge in [0.15, 0.2) is 0 Å². The number of hydrogen-bond acceptors (Lipinski definition) is 2. The van der Waals surface area contributed by atoms with E-state index in [1.165, 1.54) is 12.5 Å². The van der Waals surface area contributed by atoms with Gasteiger partial charge in [-0.25, -0.2) is 4.39 Å². The van der Waals surface area contributed by atoms with E-state index in [1.807, 2.05) is 31.2 Å². The molecule has 0 bridgehead atoms. The van der Waals surface area contributed by atoms with Gasteiger partial charge in [0.1, 0.15) is 11.6 Å². The summed E-state index contributed by atoms with van der Waals surface area (Å²) in [5.74, 6) is 0.164. The molecule has 0 radical (unpaired) electrons. The molecule has 3 rings (SSSR count). The molecule has 1 N–H and O–H groups in total. The van der Waals surface area contributed by atoms with E-state index in [4.69, 9.17) is 0 Å². The highest BCUT2D eigenvalue weighted by Gasteiger charge is 2.16. The number of phenols is 1. The van der Waals surface area contributed by atoms with Gasteiger partial charge in [-0.2, -0.15) is 0 Å². The third kappa shape index (κ3) is 3.25. The molecule has 1 atom stereocenters. The number of piperidine rings is 1. The minimum absolute atomic E-state index is 0.192. The van der Waals surface area contributed by atoms with Crippen LogP contribution in [0.5, 0.6) is 5.75 Å². The fraction of sp³-hybridized carbons (Fsp3) is 0.333. The molecule has 0 saturated carbocycles. The van der Waals surface area contributed by atoms with Crippen molar-refractivity contribution >= 4 is 24.9 Å². The number of anilines is 1. The number of aromatic hydroxyl groups is 1. The molecule has 0 aliphatic carbocycles. The first-order chi connectivity index (χ1) is 10.6. The van der Waals surface area contributed by atoms with E-state index in [9.17, 15) is 9.50 Å². The molecule has 1 aliphatic heterocycles. The Labute approximate surface area is 132 Å². The second-order valence-electron chi connectivity index (χ2n) is 5.81. The Hall–Kier alpha value is -1.60. The number of rotatable bonds is 3. The standard InChI is InChI=1S/C18H21FNOP/c1-13-6-5-7-17(18(13)21)22-16-9-8-14(19)12-15(16)20-10-3-2-4-11-20/h5-9,12,21-22H,2-4,10-11H2,1H3. The fourth-order valence-electron chi connectivity index (χ4n) is 2.91. The van der Waals surface area contributed by atoms with Crippen LogP contribution in [0.15, 0.2) is 36.4 Å². The Morgan fingerprint density at radius 2 is 1.82 bits per heavy atom. The Bertz CT molecular complexity index is 668. The summed E-state index contributed by atoms with van der Waals surface area (Å²) in [5, 5.41) is 12.3. The van der Waals surface area contributed by atoms with Crippen molar-refractivity contribution in [3.05, 3.63) is 47.8 Å². The first kappa shape index (κ1) is 15.3. The lowest BCUT2D eigenvalue weighted by molar-refractivity contribution is 0.475. The van der Waals surface area contributed by atoms with Crippen molar-refractivity contribution in [3.8, 4) is 5.75 Å². The molecule has 22 heavy (non-hydrogen) atoms. The summed E-state index contributed by atoms with van der Waals surface area (Å²) in [6.45, 7) is 3.88. The summed E-state index contributed by atoms with van der Waals surface area (Å²) in [6, 6.07) is 10.8. The molecule has 2 aromatic carbocycles. The normalized spacial score (nSPS) is 15.6. The molecule has 4 heteroatoms. The second-order valence-corrected chi connectivity index (χ2v) is 7.13. The molecule has 1 aliphatic rings. The molecule has 0 amide bonds. The van der Waals surface area contributed by atoms with Gasteiger partial charge in [0.2, 0.25) is 0 Å². The van der Waals surface area contributed by atoms with Crippen LogP contribution in [0.4, 0.5) is 10.1 Å².